The van der Waals surface area contributed by atoms with E-state index in [-0.39, 0.29) is 17.9 Å². The van der Waals surface area contributed by atoms with E-state index in [0.717, 1.165) is 0 Å². The van der Waals surface area contributed by atoms with Gasteiger partial charge in [-0.05, 0) is 12.6 Å². The van der Waals surface area contributed by atoms with Crippen LogP contribution in [0.2, 0.25) is 0 Å². The summed E-state index contributed by atoms with van der Waals surface area (Å²) in [7, 11) is 5.39. The van der Waals surface area contributed by atoms with Crippen LogP contribution in [-0.2, 0) is 4.79 Å². The second kappa shape index (κ2) is 5.66. The molecule has 3 heteroatoms. The fourth-order valence-electron chi connectivity index (χ4n) is 1.81. The van der Waals surface area contributed by atoms with Gasteiger partial charge in [0, 0.05) is 20.0 Å². The Bertz CT molecular complexity index is 335. The van der Waals surface area contributed by atoms with Crippen LogP contribution in [0.3, 0.4) is 0 Å². The molecule has 3 nitrogen and oxygen atoms in total. The molecule has 0 saturated heterocycles. The molecule has 1 N–H and O–H groups in total. The molecular weight excluding hydrogens is 200 g/mol. The van der Waals surface area contributed by atoms with Gasteiger partial charge < -0.3 is 10.2 Å². The summed E-state index contributed by atoms with van der Waals surface area (Å²) < 4.78 is 0. The molecule has 2 unspecified atom stereocenters. The highest BCUT2D eigenvalue weighted by Crippen LogP contribution is 2.19. The number of hydrogen-bond acceptors (Lipinski definition) is 2. The van der Waals surface area contributed by atoms with Gasteiger partial charge in [-0.25, -0.2) is 0 Å². The van der Waals surface area contributed by atoms with E-state index in [1.54, 1.807) is 19.0 Å². The number of hydrogen-bond donors (Lipinski definition) is 1. The SMILES string of the molecule is CNC(C(=O)N(C)C)C(C)c1ccccc1. The van der Waals surface area contributed by atoms with Crippen molar-refractivity contribution < 1.29 is 4.79 Å². The average Bonchev–Trinajstić information content (AvgIpc) is 2.30. The van der Waals surface area contributed by atoms with Crippen LogP contribution in [0.4, 0.5) is 0 Å². The van der Waals surface area contributed by atoms with Crippen molar-refractivity contribution in [2.24, 2.45) is 0 Å². The molecule has 0 bridgehead atoms. The van der Waals surface area contributed by atoms with E-state index < -0.39 is 0 Å². The van der Waals surface area contributed by atoms with Gasteiger partial charge in [0.05, 0.1) is 6.04 Å². The summed E-state index contributed by atoms with van der Waals surface area (Å²) in [6.45, 7) is 2.07. The molecule has 0 aliphatic rings. The van der Waals surface area contributed by atoms with Crippen LogP contribution in [0.1, 0.15) is 18.4 Å². The smallest absolute Gasteiger partial charge is 0.239 e. The lowest BCUT2D eigenvalue weighted by Gasteiger charge is -2.25. The number of carbonyl (C=O) groups is 1. The largest absolute Gasteiger partial charge is 0.347 e. The van der Waals surface area contributed by atoms with Gasteiger partial charge in [0.2, 0.25) is 5.91 Å². The van der Waals surface area contributed by atoms with Crippen molar-refractivity contribution in [2.45, 2.75) is 18.9 Å². The minimum Gasteiger partial charge on any atom is -0.347 e. The fourth-order valence-corrected chi connectivity index (χ4v) is 1.81. The first-order valence-electron chi connectivity index (χ1n) is 5.51. The summed E-state index contributed by atoms with van der Waals surface area (Å²) in [5, 5.41) is 3.09. The molecule has 0 spiro atoms. The third-order valence-corrected chi connectivity index (χ3v) is 2.84. The molecule has 0 aromatic heterocycles. The minimum absolute atomic E-state index is 0.110. The van der Waals surface area contributed by atoms with Gasteiger partial charge in [-0.1, -0.05) is 37.3 Å². The van der Waals surface area contributed by atoms with Crippen molar-refractivity contribution in [1.29, 1.82) is 0 Å². The van der Waals surface area contributed by atoms with Crippen LogP contribution in [-0.4, -0.2) is 38.0 Å². The Labute approximate surface area is 97.5 Å². The lowest BCUT2D eigenvalue weighted by Crippen LogP contribution is -2.45. The van der Waals surface area contributed by atoms with Crippen molar-refractivity contribution in [2.75, 3.05) is 21.1 Å². The first kappa shape index (κ1) is 12.7. The zero-order valence-electron chi connectivity index (χ0n) is 10.4. The molecule has 2 atom stereocenters. The average molecular weight is 220 g/mol. The molecule has 0 fully saturated rings. The van der Waals surface area contributed by atoms with Crippen LogP contribution in [0.5, 0.6) is 0 Å². The van der Waals surface area contributed by atoms with Crippen molar-refractivity contribution in [3.05, 3.63) is 35.9 Å². The van der Waals surface area contributed by atoms with Crippen molar-refractivity contribution in [3.63, 3.8) is 0 Å². The highest BCUT2D eigenvalue weighted by Gasteiger charge is 2.25. The number of carbonyl (C=O) groups excluding carboxylic acids is 1. The van der Waals surface area contributed by atoms with E-state index in [2.05, 4.69) is 24.4 Å². The predicted octanol–water partition coefficient (Wildman–Crippen LogP) is 1.47. The highest BCUT2D eigenvalue weighted by molar-refractivity contribution is 5.82. The molecule has 0 saturated carbocycles. The Kier molecular flexibility index (Phi) is 4.50. The molecule has 1 amide bonds. The lowest BCUT2D eigenvalue weighted by molar-refractivity contribution is -0.131. The summed E-state index contributed by atoms with van der Waals surface area (Å²) >= 11 is 0. The summed E-state index contributed by atoms with van der Waals surface area (Å²) in [6.07, 6.45) is 0. The topological polar surface area (TPSA) is 32.3 Å². The minimum atomic E-state index is -0.169. The molecule has 1 aromatic rings. The van der Waals surface area contributed by atoms with E-state index in [0.29, 0.717) is 0 Å². The van der Waals surface area contributed by atoms with Gasteiger partial charge >= 0.3 is 0 Å². The van der Waals surface area contributed by atoms with E-state index in [4.69, 9.17) is 0 Å². The summed E-state index contributed by atoms with van der Waals surface area (Å²) in [4.78, 5) is 13.6. The molecule has 16 heavy (non-hydrogen) atoms. The van der Waals surface area contributed by atoms with Gasteiger partial charge in [0.15, 0.2) is 0 Å². The van der Waals surface area contributed by atoms with E-state index in [1.165, 1.54) is 5.56 Å². The summed E-state index contributed by atoms with van der Waals surface area (Å²) in [5.41, 5.74) is 1.18. The van der Waals surface area contributed by atoms with Crippen LogP contribution < -0.4 is 5.32 Å². The standard InChI is InChI=1S/C13H20N2O/c1-10(11-8-6-5-7-9-11)12(14-2)13(16)15(3)4/h5-10,12,14H,1-4H3. The second-order valence-corrected chi connectivity index (χ2v) is 4.20. The number of rotatable bonds is 4. The highest BCUT2D eigenvalue weighted by atomic mass is 16.2. The maximum absolute atomic E-state index is 12.0. The summed E-state index contributed by atoms with van der Waals surface area (Å²) in [6, 6.07) is 9.92. The Balaban J connectivity index is 2.86. The quantitative estimate of drug-likeness (QED) is 0.833. The van der Waals surface area contributed by atoms with Crippen LogP contribution in [0.15, 0.2) is 30.3 Å². The first-order valence-corrected chi connectivity index (χ1v) is 5.51. The number of nitrogens with zero attached hydrogens (tertiary/aromatic N) is 1. The maximum Gasteiger partial charge on any atom is 0.239 e. The first-order chi connectivity index (χ1) is 7.57. The Morgan fingerprint density at radius 1 is 1.25 bits per heavy atom. The van der Waals surface area contributed by atoms with Gasteiger partial charge in [0.1, 0.15) is 0 Å². The van der Waals surface area contributed by atoms with E-state index in [1.807, 2.05) is 25.2 Å². The van der Waals surface area contributed by atoms with Crippen LogP contribution in [0, 0.1) is 0 Å². The van der Waals surface area contributed by atoms with Crippen LogP contribution in [0.25, 0.3) is 0 Å². The Hall–Kier alpha value is -1.35. The second-order valence-electron chi connectivity index (χ2n) is 4.20. The van der Waals surface area contributed by atoms with Crippen LogP contribution >= 0.6 is 0 Å². The van der Waals surface area contributed by atoms with Crippen molar-refractivity contribution in [3.8, 4) is 0 Å². The third-order valence-electron chi connectivity index (χ3n) is 2.84. The third kappa shape index (κ3) is 2.83. The van der Waals surface area contributed by atoms with Gasteiger partial charge in [-0.15, -0.1) is 0 Å². The molecule has 1 aromatic carbocycles. The summed E-state index contributed by atoms with van der Waals surface area (Å²) in [5.74, 6) is 0.278. The molecule has 0 aliphatic heterocycles. The number of nitrogens with one attached hydrogen (secondary N) is 1. The number of benzene rings is 1. The van der Waals surface area contributed by atoms with Crippen molar-refractivity contribution in [1.82, 2.24) is 10.2 Å². The van der Waals surface area contributed by atoms with Gasteiger partial charge in [-0.3, -0.25) is 4.79 Å². The van der Waals surface area contributed by atoms with E-state index in [9.17, 15) is 4.79 Å². The van der Waals surface area contributed by atoms with E-state index >= 15 is 0 Å². The molecule has 0 heterocycles. The zero-order valence-corrected chi connectivity index (χ0v) is 10.4. The Morgan fingerprint density at radius 3 is 2.25 bits per heavy atom. The van der Waals surface area contributed by atoms with Crippen molar-refractivity contribution >= 4 is 5.91 Å². The molecule has 0 radical (unpaired) electrons. The van der Waals surface area contributed by atoms with Gasteiger partial charge in [-0.2, -0.15) is 0 Å². The number of likely N-dealkylation sites (N-methyl/N-ethyl adjacent to an activating group) is 2. The molecule has 0 aliphatic carbocycles. The molecular formula is C13H20N2O. The monoisotopic (exact) mass is 220 g/mol. The predicted molar refractivity (Wildman–Crippen MR) is 66.4 cm³/mol. The van der Waals surface area contributed by atoms with Gasteiger partial charge in [0.25, 0.3) is 0 Å². The zero-order chi connectivity index (χ0) is 12.1. The number of amides is 1. The fraction of sp³-hybridized carbons (Fsp3) is 0.462. The normalized spacial score (nSPS) is 14.2. The lowest BCUT2D eigenvalue weighted by atomic mass is 9.92. The molecule has 88 valence electrons. The Morgan fingerprint density at radius 2 is 1.81 bits per heavy atom. The molecule has 1 rings (SSSR count). The maximum atomic E-state index is 12.0.